The van der Waals surface area contributed by atoms with Crippen LogP contribution in [0.2, 0.25) is 0 Å². The predicted octanol–water partition coefficient (Wildman–Crippen LogP) is 1.67. The van der Waals surface area contributed by atoms with Gasteiger partial charge in [0, 0.05) is 32.4 Å². The van der Waals surface area contributed by atoms with Crippen LogP contribution in [0, 0.1) is 6.92 Å². The zero-order valence-electron chi connectivity index (χ0n) is 10.9. The van der Waals surface area contributed by atoms with Gasteiger partial charge in [0.1, 0.15) is 5.82 Å². The molecule has 1 saturated heterocycles. The summed E-state index contributed by atoms with van der Waals surface area (Å²) in [5.41, 5.74) is 1.16. The molecule has 5 heteroatoms. The Morgan fingerprint density at radius 3 is 2.61 bits per heavy atom. The summed E-state index contributed by atoms with van der Waals surface area (Å²) in [6.45, 7) is 7.25. The van der Waals surface area contributed by atoms with Gasteiger partial charge in [0.2, 0.25) is 0 Å². The highest BCUT2D eigenvalue weighted by Crippen LogP contribution is 2.14. The molecule has 98 valence electrons. The lowest BCUT2D eigenvalue weighted by Crippen LogP contribution is -2.49. The fourth-order valence-electron chi connectivity index (χ4n) is 1.98. The lowest BCUT2D eigenvalue weighted by atomic mass is 10.3. The van der Waals surface area contributed by atoms with Crippen molar-refractivity contribution in [2.45, 2.75) is 13.8 Å². The molecule has 2 heterocycles. The molecule has 0 radical (unpaired) electrons. The number of hydrogen-bond acceptors (Lipinski definition) is 4. The van der Waals surface area contributed by atoms with Crippen LogP contribution < -0.4 is 4.90 Å². The Hall–Kier alpha value is -1.78. The van der Waals surface area contributed by atoms with Crippen molar-refractivity contribution in [2.24, 2.45) is 0 Å². The summed E-state index contributed by atoms with van der Waals surface area (Å²) >= 11 is 0. The largest absolute Gasteiger partial charge is 0.450 e. The smallest absolute Gasteiger partial charge is 0.409 e. The number of carbonyl (C=O) groups excluding carboxylic acids is 1. The number of rotatable bonds is 2. The van der Waals surface area contributed by atoms with Crippen molar-refractivity contribution in [1.29, 1.82) is 0 Å². The molecular formula is C13H19N3O2. The van der Waals surface area contributed by atoms with Crippen molar-refractivity contribution >= 4 is 11.9 Å². The second-order valence-electron chi connectivity index (χ2n) is 4.37. The van der Waals surface area contributed by atoms with Crippen molar-refractivity contribution in [2.75, 3.05) is 37.7 Å². The minimum atomic E-state index is -0.214. The number of anilines is 1. The van der Waals surface area contributed by atoms with E-state index in [1.54, 1.807) is 4.90 Å². The van der Waals surface area contributed by atoms with E-state index in [2.05, 4.69) is 16.0 Å². The van der Waals surface area contributed by atoms with E-state index in [0.29, 0.717) is 19.7 Å². The van der Waals surface area contributed by atoms with Crippen molar-refractivity contribution < 1.29 is 9.53 Å². The van der Waals surface area contributed by atoms with E-state index in [-0.39, 0.29) is 6.09 Å². The van der Waals surface area contributed by atoms with E-state index < -0.39 is 0 Å². The van der Waals surface area contributed by atoms with Gasteiger partial charge < -0.3 is 14.5 Å². The maximum absolute atomic E-state index is 11.6. The zero-order valence-corrected chi connectivity index (χ0v) is 10.9. The molecule has 1 aromatic rings. The average molecular weight is 249 g/mol. The fraction of sp³-hybridized carbons (Fsp3) is 0.538. The van der Waals surface area contributed by atoms with Gasteiger partial charge in [0.15, 0.2) is 0 Å². The van der Waals surface area contributed by atoms with Crippen molar-refractivity contribution in [3.8, 4) is 0 Å². The lowest BCUT2D eigenvalue weighted by Gasteiger charge is -2.34. The van der Waals surface area contributed by atoms with Gasteiger partial charge in [-0.15, -0.1) is 0 Å². The van der Waals surface area contributed by atoms with Crippen LogP contribution in [0.3, 0.4) is 0 Å². The van der Waals surface area contributed by atoms with Gasteiger partial charge in [-0.2, -0.15) is 0 Å². The molecule has 1 fully saturated rings. The normalized spacial score (nSPS) is 15.7. The number of aryl methyl sites for hydroxylation is 1. The number of nitrogens with zero attached hydrogens (tertiary/aromatic N) is 3. The number of ether oxygens (including phenoxy) is 1. The number of aromatic nitrogens is 1. The highest BCUT2D eigenvalue weighted by molar-refractivity contribution is 5.68. The molecule has 1 aliphatic heterocycles. The first-order chi connectivity index (χ1) is 8.70. The Morgan fingerprint density at radius 2 is 2.06 bits per heavy atom. The quantitative estimate of drug-likeness (QED) is 0.800. The molecule has 0 unspecified atom stereocenters. The molecule has 0 saturated carbocycles. The second-order valence-corrected chi connectivity index (χ2v) is 4.37. The third-order valence-corrected chi connectivity index (χ3v) is 3.03. The van der Waals surface area contributed by atoms with Gasteiger partial charge in [-0.3, -0.25) is 0 Å². The fourth-order valence-corrected chi connectivity index (χ4v) is 1.98. The topological polar surface area (TPSA) is 45.7 Å². The van der Waals surface area contributed by atoms with Crippen LogP contribution in [0.4, 0.5) is 10.6 Å². The van der Waals surface area contributed by atoms with Crippen LogP contribution in [0.5, 0.6) is 0 Å². The average Bonchev–Trinajstić information content (AvgIpc) is 2.40. The Kier molecular flexibility index (Phi) is 4.02. The van der Waals surface area contributed by atoms with Gasteiger partial charge in [-0.1, -0.05) is 6.07 Å². The lowest BCUT2D eigenvalue weighted by molar-refractivity contribution is 0.105. The van der Waals surface area contributed by atoms with Crippen molar-refractivity contribution in [3.63, 3.8) is 0 Å². The number of pyridine rings is 1. The summed E-state index contributed by atoms with van der Waals surface area (Å²) < 4.78 is 4.99. The van der Waals surface area contributed by atoms with Crippen LogP contribution in [-0.2, 0) is 4.74 Å². The van der Waals surface area contributed by atoms with Crippen LogP contribution in [0.1, 0.15) is 12.5 Å². The summed E-state index contributed by atoms with van der Waals surface area (Å²) in [6, 6.07) is 4.08. The summed E-state index contributed by atoms with van der Waals surface area (Å²) in [5, 5.41) is 0. The monoisotopic (exact) mass is 249 g/mol. The third-order valence-electron chi connectivity index (χ3n) is 3.03. The van der Waals surface area contributed by atoms with E-state index in [9.17, 15) is 4.79 Å². The van der Waals surface area contributed by atoms with Gasteiger partial charge in [0.05, 0.1) is 6.61 Å². The van der Waals surface area contributed by atoms with Gasteiger partial charge in [-0.05, 0) is 25.5 Å². The predicted molar refractivity (Wildman–Crippen MR) is 69.8 cm³/mol. The summed E-state index contributed by atoms with van der Waals surface area (Å²) in [7, 11) is 0. The van der Waals surface area contributed by atoms with Crippen LogP contribution >= 0.6 is 0 Å². The van der Waals surface area contributed by atoms with E-state index in [1.807, 2.05) is 26.1 Å². The first-order valence-electron chi connectivity index (χ1n) is 6.30. The Labute approximate surface area is 107 Å². The molecule has 1 amide bonds. The zero-order chi connectivity index (χ0) is 13.0. The van der Waals surface area contributed by atoms with E-state index in [0.717, 1.165) is 24.5 Å². The van der Waals surface area contributed by atoms with Crippen molar-refractivity contribution in [3.05, 3.63) is 23.9 Å². The first kappa shape index (κ1) is 12.7. The first-order valence-corrected chi connectivity index (χ1v) is 6.30. The van der Waals surface area contributed by atoms with Crippen molar-refractivity contribution in [1.82, 2.24) is 9.88 Å². The van der Waals surface area contributed by atoms with E-state index >= 15 is 0 Å². The number of hydrogen-bond donors (Lipinski definition) is 0. The maximum Gasteiger partial charge on any atom is 0.409 e. The summed E-state index contributed by atoms with van der Waals surface area (Å²) in [4.78, 5) is 19.9. The molecule has 0 aromatic carbocycles. The number of carbonyl (C=O) groups is 1. The Balaban J connectivity index is 1.90. The molecule has 18 heavy (non-hydrogen) atoms. The standard InChI is InChI=1S/C13H19N3O2/c1-3-18-13(17)16-8-6-15(7-9-16)12-5-4-11(2)10-14-12/h4-5,10H,3,6-9H2,1-2H3. The van der Waals surface area contributed by atoms with Gasteiger partial charge in [-0.25, -0.2) is 9.78 Å². The highest BCUT2D eigenvalue weighted by Gasteiger charge is 2.22. The maximum atomic E-state index is 11.6. The minimum absolute atomic E-state index is 0.214. The number of amides is 1. The van der Waals surface area contributed by atoms with E-state index in [4.69, 9.17) is 4.74 Å². The molecule has 0 spiro atoms. The minimum Gasteiger partial charge on any atom is -0.450 e. The Bertz CT molecular complexity index is 397. The number of piperazine rings is 1. The molecule has 0 N–H and O–H groups in total. The van der Waals surface area contributed by atoms with E-state index in [1.165, 1.54) is 0 Å². The molecule has 2 rings (SSSR count). The SMILES string of the molecule is CCOC(=O)N1CCN(c2ccc(C)cn2)CC1. The molecule has 0 bridgehead atoms. The van der Waals surface area contributed by atoms with Crippen LogP contribution in [0.25, 0.3) is 0 Å². The van der Waals surface area contributed by atoms with Crippen LogP contribution in [-0.4, -0.2) is 48.8 Å². The Morgan fingerprint density at radius 1 is 1.33 bits per heavy atom. The third kappa shape index (κ3) is 2.91. The molecule has 1 aliphatic rings. The molecular weight excluding hydrogens is 230 g/mol. The summed E-state index contributed by atoms with van der Waals surface area (Å²) in [5.74, 6) is 0.976. The van der Waals surface area contributed by atoms with Gasteiger partial charge in [0.25, 0.3) is 0 Å². The van der Waals surface area contributed by atoms with Crippen LogP contribution in [0.15, 0.2) is 18.3 Å². The summed E-state index contributed by atoms with van der Waals surface area (Å²) in [6.07, 6.45) is 1.65. The molecule has 0 aliphatic carbocycles. The highest BCUT2D eigenvalue weighted by atomic mass is 16.6. The molecule has 0 atom stereocenters. The van der Waals surface area contributed by atoms with Gasteiger partial charge >= 0.3 is 6.09 Å². The second kappa shape index (κ2) is 5.71. The molecule has 1 aromatic heterocycles. The molecule has 5 nitrogen and oxygen atoms in total.